The number of unbranched alkanes of at least 4 members (excludes halogenated alkanes) is 1. The third-order valence-corrected chi connectivity index (χ3v) is 3.68. The first-order valence-corrected chi connectivity index (χ1v) is 6.40. The second-order valence-electron chi connectivity index (χ2n) is 5.44. The van der Waals surface area contributed by atoms with Gasteiger partial charge in [0.15, 0.2) is 0 Å². The summed E-state index contributed by atoms with van der Waals surface area (Å²) in [4.78, 5) is 0. The lowest BCUT2D eigenvalue weighted by molar-refractivity contribution is 0.296. The zero-order chi connectivity index (χ0) is 10.4. The van der Waals surface area contributed by atoms with E-state index in [2.05, 4.69) is 26.1 Å². The van der Waals surface area contributed by atoms with Crippen molar-refractivity contribution in [2.24, 2.45) is 5.41 Å². The SMILES string of the molecule is CCCCC(C)NCC1(C)CCCC1. The van der Waals surface area contributed by atoms with Gasteiger partial charge in [0.2, 0.25) is 0 Å². The van der Waals surface area contributed by atoms with Crippen molar-refractivity contribution in [3.8, 4) is 0 Å². The minimum absolute atomic E-state index is 0.612. The Bertz CT molecular complexity index is 147. The first-order valence-electron chi connectivity index (χ1n) is 6.40. The molecule has 0 bridgehead atoms. The van der Waals surface area contributed by atoms with Crippen LogP contribution in [0.1, 0.15) is 65.7 Å². The predicted molar refractivity (Wildman–Crippen MR) is 63.6 cm³/mol. The van der Waals surface area contributed by atoms with E-state index in [4.69, 9.17) is 0 Å². The van der Waals surface area contributed by atoms with E-state index in [9.17, 15) is 0 Å². The van der Waals surface area contributed by atoms with Crippen LogP contribution in [0.5, 0.6) is 0 Å². The predicted octanol–water partition coefficient (Wildman–Crippen LogP) is 3.74. The van der Waals surface area contributed by atoms with Crippen LogP contribution in [0.3, 0.4) is 0 Å². The lowest BCUT2D eigenvalue weighted by Gasteiger charge is -2.26. The van der Waals surface area contributed by atoms with E-state index in [0.717, 1.165) is 0 Å². The highest BCUT2D eigenvalue weighted by atomic mass is 14.9. The summed E-state index contributed by atoms with van der Waals surface area (Å²) in [7, 11) is 0. The van der Waals surface area contributed by atoms with E-state index in [1.165, 1.54) is 51.5 Å². The van der Waals surface area contributed by atoms with E-state index in [1.807, 2.05) is 0 Å². The zero-order valence-electron chi connectivity index (χ0n) is 10.2. The van der Waals surface area contributed by atoms with Crippen LogP contribution in [0.15, 0.2) is 0 Å². The molecule has 1 N–H and O–H groups in total. The maximum Gasteiger partial charge on any atom is 0.00389 e. The number of hydrogen-bond donors (Lipinski definition) is 1. The van der Waals surface area contributed by atoms with Gasteiger partial charge in [-0.1, -0.05) is 39.5 Å². The Kier molecular flexibility index (Phi) is 4.94. The van der Waals surface area contributed by atoms with Crippen LogP contribution < -0.4 is 5.32 Å². The topological polar surface area (TPSA) is 12.0 Å². The summed E-state index contributed by atoms with van der Waals surface area (Å²) in [6.45, 7) is 8.27. The second kappa shape index (κ2) is 5.75. The largest absolute Gasteiger partial charge is 0.314 e. The highest BCUT2D eigenvalue weighted by Gasteiger charge is 2.28. The molecule has 1 fully saturated rings. The molecule has 1 saturated carbocycles. The zero-order valence-corrected chi connectivity index (χ0v) is 10.2. The second-order valence-corrected chi connectivity index (χ2v) is 5.44. The summed E-state index contributed by atoms with van der Waals surface area (Å²) in [5.41, 5.74) is 0.612. The Morgan fingerprint density at radius 2 is 1.93 bits per heavy atom. The highest BCUT2D eigenvalue weighted by Crippen LogP contribution is 2.36. The molecule has 1 aliphatic rings. The van der Waals surface area contributed by atoms with Crippen LogP contribution in [0, 0.1) is 5.41 Å². The van der Waals surface area contributed by atoms with Gasteiger partial charge in [0, 0.05) is 12.6 Å². The smallest absolute Gasteiger partial charge is 0.00389 e. The first-order chi connectivity index (χ1) is 6.66. The molecule has 1 unspecified atom stereocenters. The Labute approximate surface area is 89.7 Å². The normalized spacial score (nSPS) is 22.5. The van der Waals surface area contributed by atoms with E-state index in [-0.39, 0.29) is 0 Å². The van der Waals surface area contributed by atoms with Crippen LogP contribution in [-0.2, 0) is 0 Å². The molecule has 0 aromatic carbocycles. The molecule has 0 aliphatic heterocycles. The van der Waals surface area contributed by atoms with Crippen molar-refractivity contribution in [2.45, 2.75) is 71.8 Å². The molecule has 0 aromatic heterocycles. The Morgan fingerprint density at radius 3 is 2.50 bits per heavy atom. The van der Waals surface area contributed by atoms with Crippen LogP contribution in [-0.4, -0.2) is 12.6 Å². The fourth-order valence-electron chi connectivity index (χ4n) is 2.44. The molecule has 1 aliphatic carbocycles. The Hall–Kier alpha value is -0.0400. The molecular formula is C13H27N. The minimum Gasteiger partial charge on any atom is -0.314 e. The quantitative estimate of drug-likeness (QED) is 0.684. The lowest BCUT2D eigenvalue weighted by Crippen LogP contribution is -2.35. The van der Waals surface area contributed by atoms with Gasteiger partial charge in [-0.3, -0.25) is 0 Å². The molecule has 0 saturated heterocycles. The monoisotopic (exact) mass is 197 g/mol. The standard InChI is InChI=1S/C13H27N/c1-4-5-8-12(2)14-11-13(3)9-6-7-10-13/h12,14H,4-11H2,1-3H3. The average Bonchev–Trinajstić information content (AvgIpc) is 2.60. The van der Waals surface area contributed by atoms with Crippen molar-refractivity contribution in [2.75, 3.05) is 6.54 Å². The van der Waals surface area contributed by atoms with Crippen LogP contribution in [0.4, 0.5) is 0 Å². The van der Waals surface area contributed by atoms with Gasteiger partial charge in [0.25, 0.3) is 0 Å². The summed E-state index contributed by atoms with van der Waals surface area (Å²) in [6.07, 6.45) is 9.78. The molecule has 0 radical (unpaired) electrons. The Balaban J connectivity index is 2.12. The average molecular weight is 197 g/mol. The highest BCUT2D eigenvalue weighted by molar-refractivity contribution is 4.83. The molecule has 14 heavy (non-hydrogen) atoms. The molecule has 0 heterocycles. The summed E-state index contributed by atoms with van der Waals surface area (Å²) < 4.78 is 0. The van der Waals surface area contributed by atoms with Gasteiger partial charge in [0.05, 0.1) is 0 Å². The number of rotatable bonds is 6. The molecule has 1 heteroatoms. The van der Waals surface area contributed by atoms with Gasteiger partial charge in [0.1, 0.15) is 0 Å². The summed E-state index contributed by atoms with van der Waals surface area (Å²) in [6, 6.07) is 0.715. The van der Waals surface area contributed by atoms with Crippen molar-refractivity contribution >= 4 is 0 Å². The minimum atomic E-state index is 0.612. The van der Waals surface area contributed by atoms with Gasteiger partial charge >= 0.3 is 0 Å². The molecule has 1 atom stereocenters. The van der Waals surface area contributed by atoms with Crippen molar-refractivity contribution in [1.29, 1.82) is 0 Å². The molecule has 84 valence electrons. The van der Waals surface area contributed by atoms with Crippen molar-refractivity contribution in [3.63, 3.8) is 0 Å². The van der Waals surface area contributed by atoms with Gasteiger partial charge < -0.3 is 5.32 Å². The molecule has 0 spiro atoms. The summed E-state index contributed by atoms with van der Waals surface area (Å²) in [5, 5.41) is 3.70. The van der Waals surface area contributed by atoms with Crippen LogP contribution in [0.2, 0.25) is 0 Å². The molecule has 0 amide bonds. The number of nitrogens with one attached hydrogen (secondary N) is 1. The first kappa shape index (κ1) is 12.0. The van der Waals surface area contributed by atoms with E-state index in [1.54, 1.807) is 0 Å². The van der Waals surface area contributed by atoms with Crippen LogP contribution in [0.25, 0.3) is 0 Å². The lowest BCUT2D eigenvalue weighted by atomic mass is 9.88. The van der Waals surface area contributed by atoms with E-state index in [0.29, 0.717) is 11.5 Å². The van der Waals surface area contributed by atoms with Gasteiger partial charge in [-0.25, -0.2) is 0 Å². The van der Waals surface area contributed by atoms with Gasteiger partial charge in [-0.2, -0.15) is 0 Å². The summed E-state index contributed by atoms with van der Waals surface area (Å²) in [5.74, 6) is 0. The van der Waals surface area contributed by atoms with E-state index < -0.39 is 0 Å². The molecular weight excluding hydrogens is 170 g/mol. The number of hydrogen-bond acceptors (Lipinski definition) is 1. The maximum atomic E-state index is 3.70. The fraction of sp³-hybridized carbons (Fsp3) is 1.00. The van der Waals surface area contributed by atoms with Crippen molar-refractivity contribution in [3.05, 3.63) is 0 Å². The molecule has 1 rings (SSSR count). The van der Waals surface area contributed by atoms with Crippen molar-refractivity contribution < 1.29 is 0 Å². The van der Waals surface area contributed by atoms with Crippen molar-refractivity contribution in [1.82, 2.24) is 5.32 Å². The maximum absolute atomic E-state index is 3.70. The van der Waals surface area contributed by atoms with Crippen LogP contribution >= 0.6 is 0 Å². The molecule has 0 aromatic rings. The van der Waals surface area contributed by atoms with E-state index >= 15 is 0 Å². The van der Waals surface area contributed by atoms with Gasteiger partial charge in [-0.15, -0.1) is 0 Å². The summed E-state index contributed by atoms with van der Waals surface area (Å²) >= 11 is 0. The molecule has 1 nitrogen and oxygen atoms in total. The third-order valence-electron chi connectivity index (χ3n) is 3.68. The van der Waals surface area contributed by atoms with Gasteiger partial charge in [-0.05, 0) is 31.6 Å². The third kappa shape index (κ3) is 4.00. The fourth-order valence-corrected chi connectivity index (χ4v) is 2.44. The Morgan fingerprint density at radius 1 is 1.29 bits per heavy atom.